The van der Waals surface area contributed by atoms with Crippen LogP contribution < -0.4 is 15.4 Å². The number of aryl methyl sites for hydroxylation is 1. The molecule has 0 radical (unpaired) electrons. The maximum Gasteiger partial charge on any atom is 0.317 e. The lowest BCUT2D eigenvalue weighted by molar-refractivity contribution is -0.121. The van der Waals surface area contributed by atoms with Crippen LogP contribution in [-0.2, 0) is 14.8 Å². The minimum atomic E-state index is -3.62. The number of sulfonamides is 1. The number of benzene rings is 2. The number of urea groups is 1. The Bertz CT molecular complexity index is 994. The molecule has 3 amide bonds. The van der Waals surface area contributed by atoms with E-state index in [9.17, 15) is 18.0 Å². The number of carbonyl (C=O) groups excluding carboxylic acids is 2. The highest BCUT2D eigenvalue weighted by Gasteiger charge is 2.28. The maximum atomic E-state index is 12.5. The van der Waals surface area contributed by atoms with Gasteiger partial charge in [0.25, 0.3) is 0 Å². The summed E-state index contributed by atoms with van der Waals surface area (Å²) < 4.78 is 27.0. The SMILES string of the molecule is Cc1ccc(S(=O)(=O)NCCNC(=O)N2CCCC(C(=O)Nc3ccccc3)C2)cc1. The summed E-state index contributed by atoms with van der Waals surface area (Å²) in [5.74, 6) is -0.380. The van der Waals surface area contributed by atoms with Gasteiger partial charge in [-0.1, -0.05) is 35.9 Å². The van der Waals surface area contributed by atoms with Crippen LogP contribution in [0.2, 0.25) is 0 Å². The summed E-state index contributed by atoms with van der Waals surface area (Å²) >= 11 is 0. The van der Waals surface area contributed by atoms with E-state index in [1.165, 1.54) is 0 Å². The molecule has 1 unspecified atom stereocenters. The largest absolute Gasteiger partial charge is 0.337 e. The molecule has 1 fully saturated rings. The highest BCUT2D eigenvalue weighted by atomic mass is 32.2. The zero-order valence-electron chi connectivity index (χ0n) is 17.5. The highest BCUT2D eigenvalue weighted by molar-refractivity contribution is 7.89. The standard InChI is InChI=1S/C22H28N4O4S/c1-17-9-11-20(12-10-17)31(29,30)24-14-13-23-22(28)26-15-5-6-18(16-26)21(27)25-19-7-3-2-4-8-19/h2-4,7-12,18,24H,5-6,13-16H2,1H3,(H,23,28)(H,25,27). The Hall–Kier alpha value is -2.91. The third-order valence-corrected chi connectivity index (χ3v) is 6.62. The molecule has 0 saturated carbocycles. The predicted octanol–water partition coefficient (Wildman–Crippen LogP) is 2.33. The van der Waals surface area contributed by atoms with Crippen LogP contribution >= 0.6 is 0 Å². The normalized spacial score (nSPS) is 16.5. The minimum absolute atomic E-state index is 0.0771. The van der Waals surface area contributed by atoms with Crippen LogP contribution in [0, 0.1) is 12.8 Å². The van der Waals surface area contributed by atoms with Crippen molar-refractivity contribution in [3.63, 3.8) is 0 Å². The van der Waals surface area contributed by atoms with E-state index in [-0.39, 0.29) is 35.8 Å². The third-order valence-electron chi connectivity index (χ3n) is 5.15. The van der Waals surface area contributed by atoms with Crippen LogP contribution in [0.4, 0.5) is 10.5 Å². The van der Waals surface area contributed by atoms with Gasteiger partial charge in [0.2, 0.25) is 15.9 Å². The number of nitrogens with one attached hydrogen (secondary N) is 3. The van der Waals surface area contributed by atoms with Crippen LogP contribution in [0.1, 0.15) is 18.4 Å². The van der Waals surface area contributed by atoms with Crippen molar-refractivity contribution in [3.8, 4) is 0 Å². The van der Waals surface area contributed by atoms with E-state index in [0.717, 1.165) is 24.1 Å². The molecule has 3 N–H and O–H groups in total. The van der Waals surface area contributed by atoms with Crippen molar-refractivity contribution >= 4 is 27.6 Å². The number of amides is 3. The lowest BCUT2D eigenvalue weighted by Crippen LogP contribution is -2.49. The zero-order chi connectivity index (χ0) is 22.3. The molecule has 1 saturated heterocycles. The second-order valence-corrected chi connectivity index (χ2v) is 9.35. The van der Waals surface area contributed by atoms with E-state index in [1.54, 1.807) is 29.2 Å². The number of anilines is 1. The summed E-state index contributed by atoms with van der Waals surface area (Å²) in [6.45, 7) is 3.01. The van der Waals surface area contributed by atoms with Crippen molar-refractivity contribution in [2.24, 2.45) is 5.92 Å². The molecule has 166 valence electrons. The van der Waals surface area contributed by atoms with E-state index < -0.39 is 10.0 Å². The van der Waals surface area contributed by atoms with Gasteiger partial charge < -0.3 is 15.5 Å². The minimum Gasteiger partial charge on any atom is -0.337 e. The summed E-state index contributed by atoms with van der Waals surface area (Å²) in [7, 11) is -3.62. The summed E-state index contributed by atoms with van der Waals surface area (Å²) in [6.07, 6.45) is 1.46. The lowest BCUT2D eigenvalue weighted by atomic mass is 9.97. The fraction of sp³-hybridized carbons (Fsp3) is 0.364. The van der Waals surface area contributed by atoms with Crippen LogP contribution in [-0.4, -0.2) is 51.4 Å². The summed E-state index contributed by atoms with van der Waals surface area (Å²) in [5.41, 5.74) is 1.71. The summed E-state index contributed by atoms with van der Waals surface area (Å²) in [4.78, 5) is 26.8. The van der Waals surface area contributed by atoms with Crippen molar-refractivity contribution in [2.45, 2.75) is 24.7 Å². The molecule has 0 bridgehead atoms. The van der Waals surface area contributed by atoms with Gasteiger partial charge in [-0.3, -0.25) is 4.79 Å². The van der Waals surface area contributed by atoms with Crippen molar-refractivity contribution in [1.29, 1.82) is 0 Å². The quantitative estimate of drug-likeness (QED) is 0.570. The molecule has 0 aliphatic carbocycles. The molecule has 0 spiro atoms. The molecule has 9 heteroatoms. The second-order valence-electron chi connectivity index (χ2n) is 7.58. The van der Waals surface area contributed by atoms with E-state index in [2.05, 4.69) is 15.4 Å². The zero-order valence-corrected chi connectivity index (χ0v) is 18.3. The first-order valence-corrected chi connectivity index (χ1v) is 11.8. The molecule has 3 rings (SSSR count). The number of carbonyl (C=O) groups is 2. The first-order chi connectivity index (χ1) is 14.8. The van der Waals surface area contributed by atoms with Gasteiger partial charge in [-0.15, -0.1) is 0 Å². The number of rotatable bonds is 7. The van der Waals surface area contributed by atoms with Crippen molar-refractivity contribution in [3.05, 3.63) is 60.2 Å². The molecule has 31 heavy (non-hydrogen) atoms. The summed E-state index contributed by atoms with van der Waals surface area (Å²) in [5, 5.41) is 5.61. The number of hydrogen-bond acceptors (Lipinski definition) is 4. The van der Waals surface area contributed by atoms with Gasteiger partial charge in [0.1, 0.15) is 0 Å². The molecular formula is C22H28N4O4S. The van der Waals surface area contributed by atoms with E-state index in [4.69, 9.17) is 0 Å². The van der Waals surface area contributed by atoms with Gasteiger partial charge in [-0.2, -0.15) is 0 Å². The highest BCUT2D eigenvalue weighted by Crippen LogP contribution is 2.19. The maximum absolute atomic E-state index is 12.5. The van der Waals surface area contributed by atoms with Gasteiger partial charge in [-0.05, 0) is 44.0 Å². The van der Waals surface area contributed by atoms with Crippen molar-refractivity contribution in [1.82, 2.24) is 14.9 Å². The van der Waals surface area contributed by atoms with Crippen LogP contribution in [0.3, 0.4) is 0 Å². The average molecular weight is 445 g/mol. The Morgan fingerprint density at radius 1 is 1.03 bits per heavy atom. The molecule has 1 heterocycles. The Labute approximate surface area is 183 Å². The lowest BCUT2D eigenvalue weighted by Gasteiger charge is -2.32. The Kier molecular flexibility index (Phi) is 7.64. The number of piperidine rings is 1. The number of nitrogens with zero attached hydrogens (tertiary/aromatic N) is 1. The second kappa shape index (κ2) is 10.4. The van der Waals surface area contributed by atoms with Crippen LogP contribution in [0.5, 0.6) is 0 Å². The molecule has 1 atom stereocenters. The molecular weight excluding hydrogens is 416 g/mol. The molecule has 2 aromatic rings. The first kappa shape index (κ1) is 22.8. The van der Waals surface area contributed by atoms with Crippen LogP contribution in [0.15, 0.2) is 59.5 Å². The molecule has 8 nitrogen and oxygen atoms in total. The number of hydrogen-bond donors (Lipinski definition) is 3. The fourth-order valence-electron chi connectivity index (χ4n) is 3.41. The number of likely N-dealkylation sites (tertiary alicyclic amines) is 1. The topological polar surface area (TPSA) is 108 Å². The predicted molar refractivity (Wildman–Crippen MR) is 119 cm³/mol. The smallest absolute Gasteiger partial charge is 0.317 e. The fourth-order valence-corrected chi connectivity index (χ4v) is 4.44. The van der Waals surface area contributed by atoms with Crippen molar-refractivity contribution < 1.29 is 18.0 Å². The first-order valence-electron chi connectivity index (χ1n) is 10.3. The van der Waals surface area contributed by atoms with Gasteiger partial charge in [0.15, 0.2) is 0 Å². The third kappa shape index (κ3) is 6.53. The Morgan fingerprint density at radius 2 is 1.74 bits per heavy atom. The van der Waals surface area contributed by atoms with Gasteiger partial charge >= 0.3 is 6.03 Å². The van der Waals surface area contributed by atoms with Crippen LogP contribution in [0.25, 0.3) is 0 Å². The molecule has 0 aromatic heterocycles. The van der Waals surface area contributed by atoms with E-state index in [0.29, 0.717) is 13.1 Å². The molecule has 1 aliphatic heterocycles. The van der Waals surface area contributed by atoms with Gasteiger partial charge in [0.05, 0.1) is 10.8 Å². The van der Waals surface area contributed by atoms with Gasteiger partial charge in [0, 0.05) is 31.9 Å². The average Bonchev–Trinajstić information content (AvgIpc) is 2.77. The Morgan fingerprint density at radius 3 is 2.45 bits per heavy atom. The van der Waals surface area contributed by atoms with E-state index >= 15 is 0 Å². The molecule has 1 aliphatic rings. The Balaban J connectivity index is 1.43. The summed E-state index contributed by atoms with van der Waals surface area (Å²) in [6, 6.07) is 15.5. The van der Waals surface area contributed by atoms with Crippen molar-refractivity contribution in [2.75, 3.05) is 31.5 Å². The van der Waals surface area contributed by atoms with Gasteiger partial charge in [-0.25, -0.2) is 17.9 Å². The van der Waals surface area contributed by atoms with E-state index in [1.807, 2.05) is 37.3 Å². The molecule has 2 aromatic carbocycles. The monoisotopic (exact) mass is 444 g/mol. The number of para-hydroxylation sites is 1.